The molecule has 2 aromatic rings. The number of aromatic nitrogens is 2. The van der Waals surface area contributed by atoms with Crippen molar-refractivity contribution in [1.82, 2.24) is 9.97 Å². The van der Waals surface area contributed by atoms with Crippen LogP contribution in [0.5, 0.6) is 5.75 Å². The van der Waals surface area contributed by atoms with E-state index in [-0.39, 0.29) is 5.82 Å². The van der Waals surface area contributed by atoms with Crippen LogP contribution in [-0.2, 0) is 0 Å². The van der Waals surface area contributed by atoms with Crippen LogP contribution in [0.15, 0.2) is 35.6 Å². The highest BCUT2D eigenvalue weighted by Crippen LogP contribution is 2.18. The van der Waals surface area contributed by atoms with Gasteiger partial charge in [-0.25, -0.2) is 9.97 Å². The molecule has 0 radical (unpaired) electrons. The average molecular weight is 286 g/mol. The first-order chi connectivity index (χ1) is 9.70. The molecule has 0 bridgehead atoms. The van der Waals surface area contributed by atoms with E-state index in [1.54, 1.807) is 0 Å². The molecular weight excluding hydrogens is 272 g/mol. The molecule has 20 heavy (non-hydrogen) atoms. The summed E-state index contributed by atoms with van der Waals surface area (Å²) in [6.07, 6.45) is 1.44. The molecule has 2 rings (SSSR count). The van der Waals surface area contributed by atoms with Gasteiger partial charge in [-0.2, -0.15) is 5.26 Å². The Bertz CT molecular complexity index is 639. The Kier molecular flexibility index (Phi) is 4.80. The predicted octanol–water partition coefficient (Wildman–Crippen LogP) is 2.41. The largest absolute Gasteiger partial charge is 0.492 e. The van der Waals surface area contributed by atoms with Gasteiger partial charge < -0.3 is 10.5 Å². The number of nitriles is 1. The van der Waals surface area contributed by atoms with Gasteiger partial charge in [-0.05, 0) is 18.6 Å². The summed E-state index contributed by atoms with van der Waals surface area (Å²) in [5, 5.41) is 9.29. The molecule has 0 aliphatic rings. The van der Waals surface area contributed by atoms with Gasteiger partial charge in [-0.3, -0.25) is 0 Å². The second-order valence-electron chi connectivity index (χ2n) is 4.03. The zero-order chi connectivity index (χ0) is 14.4. The van der Waals surface area contributed by atoms with Gasteiger partial charge in [-0.1, -0.05) is 30.0 Å². The molecule has 0 fully saturated rings. The summed E-state index contributed by atoms with van der Waals surface area (Å²) in [4.78, 5) is 8.12. The third-order valence-electron chi connectivity index (χ3n) is 2.58. The van der Waals surface area contributed by atoms with E-state index < -0.39 is 0 Å². The number of ether oxygens (including phenoxy) is 1. The normalized spacial score (nSPS) is 10.0. The first-order valence-corrected chi connectivity index (χ1v) is 7.03. The van der Waals surface area contributed by atoms with Gasteiger partial charge in [0.25, 0.3) is 0 Å². The lowest BCUT2D eigenvalue weighted by molar-refractivity contribution is 0.341. The number of anilines is 1. The quantitative estimate of drug-likeness (QED) is 0.516. The first kappa shape index (κ1) is 14.2. The van der Waals surface area contributed by atoms with Crippen LogP contribution in [0.4, 0.5) is 5.82 Å². The molecule has 102 valence electrons. The first-order valence-electron chi connectivity index (χ1n) is 6.04. The zero-order valence-electron chi connectivity index (χ0n) is 11.0. The molecule has 1 aromatic heterocycles. The minimum absolute atomic E-state index is 0.213. The Hall–Kier alpha value is -2.26. The van der Waals surface area contributed by atoms with Crippen LogP contribution in [0.25, 0.3) is 0 Å². The summed E-state index contributed by atoms with van der Waals surface area (Å²) in [5.74, 6) is 1.80. The van der Waals surface area contributed by atoms with Gasteiger partial charge >= 0.3 is 0 Å². The molecule has 0 amide bonds. The summed E-state index contributed by atoms with van der Waals surface area (Å²) in [6, 6.07) is 9.80. The molecule has 0 spiro atoms. The molecule has 1 aromatic carbocycles. The molecule has 0 saturated heterocycles. The Morgan fingerprint density at radius 2 is 2.20 bits per heavy atom. The number of para-hydroxylation sites is 1. The van der Waals surface area contributed by atoms with E-state index in [1.165, 1.54) is 18.0 Å². The summed E-state index contributed by atoms with van der Waals surface area (Å²) >= 11 is 1.44. The van der Waals surface area contributed by atoms with Crippen molar-refractivity contribution in [2.45, 2.75) is 12.1 Å². The van der Waals surface area contributed by atoms with Crippen molar-refractivity contribution >= 4 is 17.6 Å². The van der Waals surface area contributed by atoms with E-state index in [9.17, 15) is 0 Å². The van der Waals surface area contributed by atoms with Crippen molar-refractivity contribution in [3.63, 3.8) is 0 Å². The van der Waals surface area contributed by atoms with E-state index in [4.69, 9.17) is 15.7 Å². The number of rotatable bonds is 5. The number of nitrogen functional groups attached to an aromatic ring is 1. The molecule has 0 atom stereocenters. The number of benzene rings is 1. The van der Waals surface area contributed by atoms with Crippen molar-refractivity contribution < 1.29 is 4.74 Å². The molecule has 0 aliphatic heterocycles. The average Bonchev–Trinajstić information content (AvgIpc) is 2.45. The van der Waals surface area contributed by atoms with Gasteiger partial charge in [0, 0.05) is 5.75 Å². The number of thioether (sulfide) groups is 1. The molecule has 0 aliphatic carbocycles. The molecule has 0 saturated carbocycles. The van der Waals surface area contributed by atoms with Crippen LogP contribution in [0.3, 0.4) is 0 Å². The summed E-state index contributed by atoms with van der Waals surface area (Å²) in [7, 11) is 0. The summed E-state index contributed by atoms with van der Waals surface area (Å²) < 4.78 is 5.67. The molecule has 0 unspecified atom stereocenters. The number of nitrogens with zero attached hydrogens (tertiary/aromatic N) is 3. The highest BCUT2D eigenvalue weighted by atomic mass is 32.2. The smallest absolute Gasteiger partial charge is 0.189 e. The second-order valence-corrected chi connectivity index (χ2v) is 5.09. The van der Waals surface area contributed by atoms with Crippen LogP contribution in [0.2, 0.25) is 0 Å². The summed E-state index contributed by atoms with van der Waals surface area (Å²) in [6.45, 7) is 2.56. The molecule has 5 nitrogen and oxygen atoms in total. The van der Waals surface area contributed by atoms with E-state index in [0.29, 0.717) is 23.1 Å². The van der Waals surface area contributed by atoms with E-state index >= 15 is 0 Å². The molecular formula is C14H14N4OS. The fraction of sp³-hybridized carbons (Fsp3) is 0.214. The SMILES string of the molecule is Cc1ccccc1OCCSc1ncc(C#N)c(N)n1. The van der Waals surface area contributed by atoms with E-state index in [1.807, 2.05) is 37.3 Å². The van der Waals surface area contributed by atoms with Crippen molar-refractivity contribution in [3.05, 3.63) is 41.6 Å². The van der Waals surface area contributed by atoms with Crippen molar-refractivity contribution in [3.8, 4) is 11.8 Å². The molecule has 2 N–H and O–H groups in total. The Labute approximate surface area is 121 Å². The lowest BCUT2D eigenvalue weighted by Crippen LogP contribution is -2.03. The van der Waals surface area contributed by atoms with Crippen molar-refractivity contribution in [2.24, 2.45) is 0 Å². The van der Waals surface area contributed by atoms with Gasteiger partial charge in [0.2, 0.25) is 0 Å². The van der Waals surface area contributed by atoms with Gasteiger partial charge in [0.05, 0.1) is 12.8 Å². The van der Waals surface area contributed by atoms with Gasteiger partial charge in [-0.15, -0.1) is 0 Å². The van der Waals surface area contributed by atoms with Crippen molar-refractivity contribution in [2.75, 3.05) is 18.1 Å². The number of nitrogens with two attached hydrogens (primary N) is 1. The molecule has 1 heterocycles. The highest BCUT2D eigenvalue weighted by Gasteiger charge is 2.04. The third kappa shape index (κ3) is 3.62. The lowest BCUT2D eigenvalue weighted by atomic mass is 10.2. The Balaban J connectivity index is 1.83. The Morgan fingerprint density at radius 3 is 2.90 bits per heavy atom. The molecule has 6 heteroatoms. The van der Waals surface area contributed by atoms with Gasteiger partial charge in [0.1, 0.15) is 23.2 Å². The number of hydrogen-bond acceptors (Lipinski definition) is 6. The van der Waals surface area contributed by atoms with Crippen LogP contribution < -0.4 is 10.5 Å². The fourth-order valence-electron chi connectivity index (χ4n) is 1.54. The zero-order valence-corrected chi connectivity index (χ0v) is 11.9. The number of aryl methyl sites for hydroxylation is 1. The third-order valence-corrected chi connectivity index (χ3v) is 3.41. The maximum absolute atomic E-state index is 8.74. The minimum Gasteiger partial charge on any atom is -0.492 e. The van der Waals surface area contributed by atoms with E-state index in [0.717, 1.165) is 11.3 Å². The van der Waals surface area contributed by atoms with Crippen molar-refractivity contribution in [1.29, 1.82) is 5.26 Å². The predicted molar refractivity (Wildman–Crippen MR) is 78.6 cm³/mol. The van der Waals surface area contributed by atoms with E-state index in [2.05, 4.69) is 9.97 Å². The standard InChI is InChI=1S/C14H14N4OS/c1-10-4-2-3-5-12(10)19-6-7-20-14-17-9-11(8-15)13(16)18-14/h2-5,9H,6-7H2,1H3,(H2,16,17,18). The summed E-state index contributed by atoms with van der Waals surface area (Å²) in [5.41, 5.74) is 7.03. The highest BCUT2D eigenvalue weighted by molar-refractivity contribution is 7.99. The maximum atomic E-state index is 8.74. The fourth-order valence-corrected chi connectivity index (χ4v) is 2.18. The van der Waals surface area contributed by atoms with Crippen LogP contribution >= 0.6 is 11.8 Å². The van der Waals surface area contributed by atoms with Crippen LogP contribution in [0.1, 0.15) is 11.1 Å². The Morgan fingerprint density at radius 1 is 1.40 bits per heavy atom. The maximum Gasteiger partial charge on any atom is 0.189 e. The minimum atomic E-state index is 0.213. The number of hydrogen-bond donors (Lipinski definition) is 1. The van der Waals surface area contributed by atoms with Crippen LogP contribution in [-0.4, -0.2) is 22.3 Å². The van der Waals surface area contributed by atoms with Crippen LogP contribution in [0, 0.1) is 18.3 Å². The topological polar surface area (TPSA) is 84.8 Å². The monoisotopic (exact) mass is 286 g/mol. The lowest BCUT2D eigenvalue weighted by Gasteiger charge is -2.08. The van der Waals surface area contributed by atoms with Gasteiger partial charge in [0.15, 0.2) is 5.16 Å². The second kappa shape index (κ2) is 6.78.